The zero-order valence-corrected chi connectivity index (χ0v) is 24.9. The molecule has 1 unspecified atom stereocenters. The molecule has 4 heterocycles. The van der Waals surface area contributed by atoms with Crippen molar-refractivity contribution in [2.45, 2.75) is 37.6 Å². The molecule has 0 bridgehead atoms. The van der Waals surface area contributed by atoms with Crippen LogP contribution in [-0.4, -0.2) is 56.8 Å². The Morgan fingerprint density at radius 3 is 2.69 bits per heavy atom. The quantitative estimate of drug-likeness (QED) is 0.260. The number of thioether (sulfide) groups is 1. The Labute approximate surface area is 250 Å². The van der Waals surface area contributed by atoms with Gasteiger partial charge in [-0.1, -0.05) is 50.2 Å². The van der Waals surface area contributed by atoms with Gasteiger partial charge in [-0.2, -0.15) is 4.98 Å². The van der Waals surface area contributed by atoms with Crippen molar-refractivity contribution in [1.29, 1.82) is 0 Å². The Balaban J connectivity index is 1.74. The topological polar surface area (TPSA) is 71.3 Å². The monoisotopic (exact) mass is 607 g/mol. The first-order valence-electron chi connectivity index (χ1n) is 13.6. The fourth-order valence-corrected chi connectivity index (χ4v) is 7.53. The number of halogens is 3. The number of anilines is 1. The Morgan fingerprint density at radius 1 is 1.21 bits per heavy atom. The van der Waals surface area contributed by atoms with Crippen LogP contribution in [0.4, 0.5) is 14.6 Å². The van der Waals surface area contributed by atoms with E-state index in [1.807, 2.05) is 25.7 Å². The van der Waals surface area contributed by atoms with Crippen molar-refractivity contribution in [3.63, 3.8) is 0 Å². The highest BCUT2D eigenvalue weighted by atomic mass is 35.5. The number of nitrogens with zero attached hydrogens (tertiary/aromatic N) is 5. The normalized spacial score (nSPS) is 16.5. The minimum atomic E-state index is -0.818. The zero-order chi connectivity index (χ0) is 29.9. The first kappa shape index (κ1) is 28.4. The van der Waals surface area contributed by atoms with Gasteiger partial charge >= 0.3 is 5.69 Å². The lowest BCUT2D eigenvalue weighted by Gasteiger charge is -2.41. The van der Waals surface area contributed by atoms with Crippen LogP contribution in [0.5, 0.6) is 0 Å². The minimum absolute atomic E-state index is 0.00664. The molecule has 0 radical (unpaired) electrons. The predicted molar refractivity (Wildman–Crippen MR) is 163 cm³/mol. The number of pyridine rings is 1. The van der Waals surface area contributed by atoms with Crippen molar-refractivity contribution in [3.05, 3.63) is 87.6 Å². The molecule has 2 aliphatic rings. The third-order valence-corrected chi connectivity index (χ3v) is 9.62. The summed E-state index contributed by atoms with van der Waals surface area (Å²) in [5.41, 5.74) is 0.922. The third kappa shape index (κ3) is 4.39. The number of rotatable bonds is 4. The van der Waals surface area contributed by atoms with E-state index in [1.54, 1.807) is 23.2 Å². The number of hydrogen-bond acceptors (Lipinski definition) is 6. The van der Waals surface area contributed by atoms with Crippen molar-refractivity contribution in [2.24, 2.45) is 0 Å². The Morgan fingerprint density at radius 2 is 1.98 bits per heavy atom. The van der Waals surface area contributed by atoms with Gasteiger partial charge in [0.1, 0.15) is 11.6 Å². The highest BCUT2D eigenvalue weighted by Crippen LogP contribution is 2.49. The second kappa shape index (κ2) is 10.8. The molecule has 1 amide bonds. The molecule has 42 heavy (non-hydrogen) atoms. The summed E-state index contributed by atoms with van der Waals surface area (Å²) in [7, 11) is 0. The van der Waals surface area contributed by atoms with Crippen molar-refractivity contribution < 1.29 is 13.6 Å². The van der Waals surface area contributed by atoms with Gasteiger partial charge in [0.15, 0.2) is 5.82 Å². The van der Waals surface area contributed by atoms with Gasteiger partial charge in [0.25, 0.3) is 0 Å². The van der Waals surface area contributed by atoms with Gasteiger partial charge in [-0.15, -0.1) is 11.8 Å². The van der Waals surface area contributed by atoms with E-state index in [2.05, 4.69) is 16.5 Å². The molecule has 11 heteroatoms. The van der Waals surface area contributed by atoms with Crippen LogP contribution in [0.3, 0.4) is 0 Å². The lowest BCUT2D eigenvalue weighted by atomic mass is 10.00. The first-order valence-corrected chi connectivity index (χ1v) is 15.0. The van der Waals surface area contributed by atoms with E-state index in [0.29, 0.717) is 58.4 Å². The molecule has 216 valence electrons. The van der Waals surface area contributed by atoms with Crippen LogP contribution in [-0.2, 0) is 4.79 Å². The number of carbonyl (C=O) groups is 1. The predicted octanol–water partition coefficient (Wildman–Crippen LogP) is 6.12. The molecular formula is C31H28ClF2N5O2S. The SMILES string of the molecule is C=CC(=O)N1CCN2c3nc(=O)n(-c4c(C)ccnc4C(C)C)c4c(F)c(-c5ccccc5F)c(Cl)c(c34)SCC2C1. The summed E-state index contributed by atoms with van der Waals surface area (Å²) in [5.74, 6) is -0.951. The standard InChI is InChI=1S/C31H28ClF2N5O2S/c1-5-21(40)37-12-13-38-18(14-37)15-42-29-23-28(25(34)22(24(29)32)19-8-6-7-9-20(19)33)39(31(41)36-30(23)38)27-17(4)10-11-35-26(27)16(2)3/h5-11,16,18H,1,12-15H2,2-4H3. The van der Waals surface area contributed by atoms with Crippen molar-refractivity contribution in [1.82, 2.24) is 19.4 Å². The average Bonchev–Trinajstić information content (AvgIpc) is 3.13. The summed E-state index contributed by atoms with van der Waals surface area (Å²) in [4.78, 5) is 39.8. The third-order valence-electron chi connectivity index (χ3n) is 7.88. The van der Waals surface area contributed by atoms with Gasteiger partial charge in [-0.05, 0) is 36.6 Å². The van der Waals surface area contributed by atoms with Crippen LogP contribution < -0.4 is 10.6 Å². The second-order valence-electron chi connectivity index (χ2n) is 10.8. The van der Waals surface area contributed by atoms with Crippen LogP contribution in [0, 0.1) is 18.6 Å². The first-order chi connectivity index (χ1) is 20.1. The zero-order valence-electron chi connectivity index (χ0n) is 23.3. The molecule has 0 saturated carbocycles. The lowest BCUT2D eigenvalue weighted by molar-refractivity contribution is -0.126. The molecule has 0 aliphatic carbocycles. The number of aryl methyl sites for hydroxylation is 1. The van der Waals surface area contributed by atoms with E-state index in [4.69, 9.17) is 11.6 Å². The van der Waals surface area contributed by atoms with E-state index < -0.39 is 17.3 Å². The Hall–Kier alpha value is -3.76. The van der Waals surface area contributed by atoms with Crippen LogP contribution in [0.15, 0.2) is 58.9 Å². The number of aromatic nitrogens is 3. The molecule has 2 aromatic carbocycles. The van der Waals surface area contributed by atoms with Gasteiger partial charge in [0.2, 0.25) is 5.91 Å². The van der Waals surface area contributed by atoms with Crippen molar-refractivity contribution in [2.75, 3.05) is 30.3 Å². The molecule has 0 N–H and O–H groups in total. The van der Waals surface area contributed by atoms with Crippen molar-refractivity contribution in [3.8, 4) is 16.8 Å². The number of piperazine rings is 1. The highest BCUT2D eigenvalue weighted by molar-refractivity contribution is 7.99. The number of fused-ring (bicyclic) bond motifs is 2. The fourth-order valence-electron chi connectivity index (χ4n) is 5.89. The number of benzene rings is 2. The maximum atomic E-state index is 17.1. The molecule has 6 rings (SSSR count). The van der Waals surface area contributed by atoms with E-state index in [-0.39, 0.29) is 39.5 Å². The van der Waals surface area contributed by atoms with Gasteiger partial charge < -0.3 is 9.80 Å². The molecule has 2 aliphatic heterocycles. The summed E-state index contributed by atoms with van der Waals surface area (Å²) < 4.78 is 33.6. The van der Waals surface area contributed by atoms with Gasteiger partial charge in [-0.3, -0.25) is 14.3 Å². The second-order valence-corrected chi connectivity index (χ2v) is 12.2. The summed E-state index contributed by atoms with van der Waals surface area (Å²) >= 11 is 8.36. The summed E-state index contributed by atoms with van der Waals surface area (Å²) in [6.45, 7) is 10.5. The smallest absolute Gasteiger partial charge is 0.348 e. The molecule has 4 aromatic rings. The van der Waals surface area contributed by atoms with Crippen molar-refractivity contribution >= 4 is 46.0 Å². The van der Waals surface area contributed by atoms with E-state index in [1.165, 1.54) is 40.6 Å². The summed E-state index contributed by atoms with van der Waals surface area (Å²) in [5, 5.41) is 0.431. The molecule has 1 fully saturated rings. The van der Waals surface area contributed by atoms with Crippen LogP contribution in [0.25, 0.3) is 27.7 Å². The number of hydrogen-bond donors (Lipinski definition) is 0. The summed E-state index contributed by atoms with van der Waals surface area (Å²) in [6.07, 6.45) is 2.94. The van der Waals surface area contributed by atoms with E-state index in [0.717, 1.165) is 0 Å². The number of carbonyl (C=O) groups excluding carboxylic acids is 1. The van der Waals surface area contributed by atoms with Crippen LogP contribution in [0.2, 0.25) is 5.02 Å². The minimum Gasteiger partial charge on any atom is -0.348 e. The summed E-state index contributed by atoms with van der Waals surface area (Å²) in [6, 6.07) is 7.39. The molecule has 7 nitrogen and oxygen atoms in total. The Bertz CT molecular complexity index is 1840. The van der Waals surface area contributed by atoms with Crippen LogP contribution in [0.1, 0.15) is 31.0 Å². The molecule has 1 saturated heterocycles. The van der Waals surface area contributed by atoms with E-state index in [9.17, 15) is 9.59 Å². The fraction of sp³-hybridized carbons (Fsp3) is 0.290. The average molecular weight is 608 g/mol. The number of amides is 1. The highest BCUT2D eigenvalue weighted by Gasteiger charge is 2.37. The van der Waals surface area contributed by atoms with Gasteiger partial charge in [0.05, 0.1) is 33.3 Å². The maximum absolute atomic E-state index is 17.1. The largest absolute Gasteiger partial charge is 0.354 e. The molecular weight excluding hydrogens is 580 g/mol. The van der Waals surface area contributed by atoms with Gasteiger partial charge in [-0.25, -0.2) is 13.6 Å². The molecule has 2 aromatic heterocycles. The molecule has 0 spiro atoms. The van der Waals surface area contributed by atoms with Gasteiger partial charge in [0, 0.05) is 47.6 Å². The van der Waals surface area contributed by atoms with Crippen LogP contribution >= 0.6 is 23.4 Å². The maximum Gasteiger partial charge on any atom is 0.354 e. The lowest BCUT2D eigenvalue weighted by Crippen LogP contribution is -2.56. The van der Waals surface area contributed by atoms with E-state index >= 15 is 8.78 Å². The Kier molecular flexibility index (Phi) is 7.31. The molecule has 1 atom stereocenters.